The van der Waals surface area contributed by atoms with Crippen molar-refractivity contribution in [1.29, 1.82) is 0 Å². The van der Waals surface area contributed by atoms with E-state index in [9.17, 15) is 4.79 Å². The largest absolute Gasteiger partial charge is 0.478 e. The van der Waals surface area contributed by atoms with E-state index in [0.29, 0.717) is 5.02 Å². The molecule has 1 N–H and O–H groups in total. The Balaban J connectivity index is 2.95. The molecule has 2 nitrogen and oxygen atoms in total. The highest BCUT2D eigenvalue weighted by atomic mass is 79.9. The molecule has 0 saturated heterocycles. The predicted molar refractivity (Wildman–Crippen MR) is 55.8 cm³/mol. The molecule has 1 rings (SSSR count). The third-order valence-electron chi connectivity index (χ3n) is 1.30. The van der Waals surface area contributed by atoms with Gasteiger partial charge < -0.3 is 5.11 Å². The lowest BCUT2D eigenvalue weighted by atomic mass is 10.2. The number of hydrogen-bond donors (Lipinski definition) is 1. The summed E-state index contributed by atoms with van der Waals surface area (Å²) in [6, 6.07) is 5.21. The van der Waals surface area contributed by atoms with Crippen LogP contribution in [0.15, 0.2) is 28.7 Å². The number of carboxylic acid groups (broad SMARTS) is 1. The minimum absolute atomic E-state index is 0.569. The number of aliphatic carboxylic acids is 1. The van der Waals surface area contributed by atoms with E-state index >= 15 is 0 Å². The topological polar surface area (TPSA) is 37.3 Å². The van der Waals surface area contributed by atoms with E-state index in [-0.39, 0.29) is 0 Å². The molecule has 68 valence electrons. The first-order chi connectivity index (χ1) is 6.08. The van der Waals surface area contributed by atoms with Gasteiger partial charge in [0, 0.05) is 15.6 Å². The molecule has 4 heteroatoms. The van der Waals surface area contributed by atoms with Gasteiger partial charge in [0.1, 0.15) is 0 Å². The molecule has 13 heavy (non-hydrogen) atoms. The number of halogens is 2. The van der Waals surface area contributed by atoms with Crippen LogP contribution in [-0.2, 0) is 4.79 Å². The average Bonchev–Trinajstić information content (AvgIpc) is 1.99. The van der Waals surface area contributed by atoms with Gasteiger partial charge in [-0.2, -0.15) is 0 Å². The third-order valence-corrected chi connectivity index (χ3v) is 1.98. The van der Waals surface area contributed by atoms with Gasteiger partial charge in [-0.25, -0.2) is 4.79 Å². The van der Waals surface area contributed by atoms with Gasteiger partial charge in [-0.1, -0.05) is 27.5 Å². The zero-order valence-electron chi connectivity index (χ0n) is 6.50. The number of carboxylic acids is 1. The summed E-state index contributed by atoms with van der Waals surface area (Å²) in [6.07, 6.45) is 2.55. The predicted octanol–water partition coefficient (Wildman–Crippen LogP) is 3.20. The summed E-state index contributed by atoms with van der Waals surface area (Å²) >= 11 is 9.01. The lowest BCUT2D eigenvalue weighted by molar-refractivity contribution is -0.131. The second kappa shape index (κ2) is 4.44. The maximum Gasteiger partial charge on any atom is 0.328 e. The van der Waals surface area contributed by atoms with Crippen LogP contribution in [0.1, 0.15) is 5.56 Å². The quantitative estimate of drug-likeness (QED) is 0.830. The molecule has 0 unspecified atom stereocenters. The van der Waals surface area contributed by atoms with Crippen molar-refractivity contribution in [2.45, 2.75) is 0 Å². The molecule has 0 saturated carbocycles. The Labute approximate surface area is 89.0 Å². The smallest absolute Gasteiger partial charge is 0.328 e. The summed E-state index contributed by atoms with van der Waals surface area (Å²) in [7, 11) is 0. The van der Waals surface area contributed by atoms with Crippen LogP contribution < -0.4 is 0 Å². The van der Waals surface area contributed by atoms with Crippen molar-refractivity contribution < 1.29 is 9.90 Å². The lowest BCUT2D eigenvalue weighted by Crippen LogP contribution is -1.85. The number of carbonyl (C=O) groups is 1. The molecule has 0 fully saturated rings. The molecule has 0 aliphatic carbocycles. The fraction of sp³-hybridized carbons (Fsp3) is 0. The molecular formula is C9H6BrClO2. The molecule has 0 aliphatic rings. The summed E-state index contributed by atoms with van der Waals surface area (Å²) in [5.74, 6) is -0.976. The first-order valence-electron chi connectivity index (χ1n) is 3.45. The Morgan fingerprint density at radius 1 is 1.46 bits per heavy atom. The minimum Gasteiger partial charge on any atom is -0.478 e. The average molecular weight is 262 g/mol. The summed E-state index contributed by atoms with van der Waals surface area (Å²) in [4.78, 5) is 10.2. The summed E-state index contributed by atoms with van der Waals surface area (Å²) in [5.41, 5.74) is 0.752. The van der Waals surface area contributed by atoms with E-state index in [1.54, 1.807) is 18.2 Å². The molecule has 0 aromatic heterocycles. The Morgan fingerprint density at radius 3 is 2.69 bits per heavy atom. The van der Waals surface area contributed by atoms with Gasteiger partial charge in [0.25, 0.3) is 0 Å². The van der Waals surface area contributed by atoms with Gasteiger partial charge in [0.15, 0.2) is 0 Å². The summed E-state index contributed by atoms with van der Waals surface area (Å²) in [6.45, 7) is 0. The molecule has 1 aromatic rings. The highest BCUT2D eigenvalue weighted by Gasteiger charge is 1.95. The van der Waals surface area contributed by atoms with E-state index < -0.39 is 5.97 Å². The first kappa shape index (κ1) is 10.3. The molecule has 0 atom stereocenters. The van der Waals surface area contributed by atoms with E-state index in [0.717, 1.165) is 16.1 Å². The SMILES string of the molecule is O=C(O)C=Cc1cc(Cl)cc(Br)c1. The second-order valence-corrected chi connectivity index (χ2v) is 3.73. The molecule has 1 aromatic carbocycles. The normalized spacial score (nSPS) is 10.6. The van der Waals surface area contributed by atoms with Gasteiger partial charge in [-0.15, -0.1) is 0 Å². The van der Waals surface area contributed by atoms with Crippen LogP contribution in [0.25, 0.3) is 6.08 Å². The molecule has 0 spiro atoms. The van der Waals surface area contributed by atoms with Crippen LogP contribution in [-0.4, -0.2) is 11.1 Å². The second-order valence-electron chi connectivity index (χ2n) is 2.37. The number of hydrogen-bond acceptors (Lipinski definition) is 1. The van der Waals surface area contributed by atoms with Crippen molar-refractivity contribution in [2.75, 3.05) is 0 Å². The summed E-state index contributed by atoms with van der Waals surface area (Å²) < 4.78 is 0.824. The highest BCUT2D eigenvalue weighted by Crippen LogP contribution is 2.20. The van der Waals surface area contributed by atoms with Crippen molar-refractivity contribution in [1.82, 2.24) is 0 Å². The van der Waals surface area contributed by atoms with E-state index in [4.69, 9.17) is 16.7 Å². The van der Waals surface area contributed by atoms with Crippen molar-refractivity contribution in [3.63, 3.8) is 0 Å². The monoisotopic (exact) mass is 260 g/mol. The molecular weight excluding hydrogens is 255 g/mol. The van der Waals surface area contributed by atoms with Gasteiger partial charge in [0.05, 0.1) is 0 Å². The van der Waals surface area contributed by atoms with Crippen LogP contribution in [0.5, 0.6) is 0 Å². The number of rotatable bonds is 2. The molecule has 0 aliphatic heterocycles. The van der Waals surface area contributed by atoms with Crippen LogP contribution in [0.2, 0.25) is 5.02 Å². The van der Waals surface area contributed by atoms with Crippen molar-refractivity contribution in [3.8, 4) is 0 Å². The van der Waals surface area contributed by atoms with Crippen LogP contribution >= 0.6 is 27.5 Å². The maximum atomic E-state index is 10.2. The zero-order valence-corrected chi connectivity index (χ0v) is 8.84. The maximum absolute atomic E-state index is 10.2. The Kier molecular flexibility index (Phi) is 3.51. The van der Waals surface area contributed by atoms with Crippen LogP contribution in [0, 0.1) is 0 Å². The Hall–Kier alpha value is -0.800. The van der Waals surface area contributed by atoms with Crippen molar-refractivity contribution in [2.24, 2.45) is 0 Å². The van der Waals surface area contributed by atoms with Crippen LogP contribution in [0.3, 0.4) is 0 Å². The summed E-state index contributed by atoms with van der Waals surface area (Å²) in [5, 5.41) is 8.95. The molecule has 0 amide bonds. The van der Waals surface area contributed by atoms with Gasteiger partial charge in [0.2, 0.25) is 0 Å². The van der Waals surface area contributed by atoms with Gasteiger partial charge in [-0.3, -0.25) is 0 Å². The Morgan fingerprint density at radius 2 is 2.15 bits per heavy atom. The van der Waals surface area contributed by atoms with E-state index in [2.05, 4.69) is 15.9 Å². The standard InChI is InChI=1S/C9H6BrClO2/c10-7-3-6(1-2-9(12)13)4-8(11)5-7/h1-5H,(H,12,13). The fourth-order valence-corrected chi connectivity index (χ4v) is 1.73. The van der Waals surface area contributed by atoms with Gasteiger partial charge >= 0.3 is 5.97 Å². The fourth-order valence-electron chi connectivity index (χ4n) is 0.839. The molecule has 0 heterocycles. The zero-order chi connectivity index (χ0) is 9.84. The Bertz CT molecular complexity index is 340. The molecule has 0 bridgehead atoms. The van der Waals surface area contributed by atoms with Gasteiger partial charge in [-0.05, 0) is 29.8 Å². The lowest BCUT2D eigenvalue weighted by Gasteiger charge is -1.96. The molecule has 0 radical (unpaired) electrons. The van der Waals surface area contributed by atoms with E-state index in [1.165, 1.54) is 6.08 Å². The van der Waals surface area contributed by atoms with Crippen molar-refractivity contribution >= 4 is 39.6 Å². The van der Waals surface area contributed by atoms with Crippen molar-refractivity contribution in [3.05, 3.63) is 39.3 Å². The van der Waals surface area contributed by atoms with E-state index in [1.807, 2.05) is 0 Å². The number of benzene rings is 1. The highest BCUT2D eigenvalue weighted by molar-refractivity contribution is 9.10. The first-order valence-corrected chi connectivity index (χ1v) is 4.62. The third kappa shape index (κ3) is 3.61. The van der Waals surface area contributed by atoms with Crippen LogP contribution in [0.4, 0.5) is 0 Å². The minimum atomic E-state index is -0.976.